The number of hydrogen-bond donors (Lipinski definition) is 3. The standard InChI is InChI=1S/C19H26N8.2C2HF3O2/c1-19(2,20)17-14-27(24-23-17)15-6-11-25(12-7-15)13-16-5-3-10-26(16)18-21-8-4-9-22-18;2*3-2(4,5)1(6)7/h3-5,8-10,14-15H,6-7,11-13,20H2,1-2H3;2*(H,6,7). The largest absolute Gasteiger partial charge is 0.490 e. The fourth-order valence-electron chi connectivity index (χ4n) is 3.48. The van der Waals surface area contributed by atoms with Crippen molar-refractivity contribution in [1.82, 2.24) is 34.4 Å². The third kappa shape index (κ3) is 10.5. The summed E-state index contributed by atoms with van der Waals surface area (Å²) in [4.78, 5) is 29.0. The van der Waals surface area contributed by atoms with Crippen LogP contribution in [0.25, 0.3) is 5.95 Å². The molecule has 0 aromatic carbocycles. The summed E-state index contributed by atoms with van der Waals surface area (Å²) < 4.78 is 67.5. The van der Waals surface area contributed by atoms with E-state index in [1.54, 1.807) is 12.4 Å². The van der Waals surface area contributed by atoms with Gasteiger partial charge in [0.25, 0.3) is 0 Å². The SMILES string of the molecule is CC(C)(N)c1cn(C2CCN(Cc3cccn3-c3ncccn3)CC2)nn1.O=C(O)C(F)(F)F.O=C(O)C(F)(F)F. The third-order valence-corrected chi connectivity index (χ3v) is 5.57. The summed E-state index contributed by atoms with van der Waals surface area (Å²) in [7, 11) is 0. The summed E-state index contributed by atoms with van der Waals surface area (Å²) >= 11 is 0. The number of halogens is 6. The first-order valence-electron chi connectivity index (χ1n) is 11.9. The minimum atomic E-state index is -5.08. The van der Waals surface area contributed by atoms with E-state index >= 15 is 0 Å². The number of carboxylic acids is 2. The Labute approximate surface area is 229 Å². The zero-order valence-electron chi connectivity index (χ0n) is 21.8. The van der Waals surface area contributed by atoms with Crippen molar-refractivity contribution in [3.8, 4) is 5.95 Å². The second-order valence-electron chi connectivity index (χ2n) is 9.34. The molecule has 0 saturated carbocycles. The summed E-state index contributed by atoms with van der Waals surface area (Å²) in [5.74, 6) is -4.80. The van der Waals surface area contributed by atoms with Gasteiger partial charge in [-0.2, -0.15) is 26.3 Å². The molecule has 0 bridgehead atoms. The second-order valence-corrected chi connectivity index (χ2v) is 9.34. The maximum Gasteiger partial charge on any atom is 0.490 e. The van der Waals surface area contributed by atoms with Crippen molar-refractivity contribution in [2.45, 2.75) is 57.2 Å². The van der Waals surface area contributed by atoms with Crippen LogP contribution in [0.3, 0.4) is 0 Å². The lowest BCUT2D eigenvalue weighted by atomic mass is 10.0. The van der Waals surface area contributed by atoms with Gasteiger partial charge in [-0.3, -0.25) is 9.47 Å². The molecular formula is C23H28F6N8O4. The summed E-state index contributed by atoms with van der Waals surface area (Å²) in [6, 6.07) is 6.40. The molecule has 0 unspecified atom stereocenters. The molecule has 41 heavy (non-hydrogen) atoms. The molecule has 3 aromatic heterocycles. The maximum absolute atomic E-state index is 10.6. The van der Waals surface area contributed by atoms with E-state index in [2.05, 4.69) is 35.8 Å². The highest BCUT2D eigenvalue weighted by Crippen LogP contribution is 2.25. The van der Waals surface area contributed by atoms with Crippen LogP contribution < -0.4 is 5.73 Å². The van der Waals surface area contributed by atoms with Crippen molar-refractivity contribution < 1.29 is 46.1 Å². The Hall–Kier alpha value is -4.06. The maximum atomic E-state index is 10.6. The summed E-state index contributed by atoms with van der Waals surface area (Å²) in [6.45, 7) is 6.83. The van der Waals surface area contributed by atoms with Crippen LogP contribution in [0.4, 0.5) is 26.3 Å². The Morgan fingerprint density at radius 3 is 1.93 bits per heavy atom. The van der Waals surface area contributed by atoms with E-state index in [9.17, 15) is 26.3 Å². The van der Waals surface area contributed by atoms with Crippen LogP contribution in [0.2, 0.25) is 0 Å². The van der Waals surface area contributed by atoms with Crippen molar-refractivity contribution in [2.24, 2.45) is 5.73 Å². The minimum Gasteiger partial charge on any atom is -0.475 e. The third-order valence-electron chi connectivity index (χ3n) is 5.57. The first-order valence-corrected chi connectivity index (χ1v) is 11.9. The molecule has 3 aromatic rings. The van der Waals surface area contributed by atoms with Crippen LogP contribution in [0.15, 0.2) is 43.0 Å². The van der Waals surface area contributed by atoms with Crippen LogP contribution >= 0.6 is 0 Å². The fraction of sp³-hybridized carbons (Fsp3) is 0.478. The molecule has 12 nitrogen and oxygen atoms in total. The first-order chi connectivity index (χ1) is 18.9. The molecule has 0 spiro atoms. The Kier molecular flexibility index (Phi) is 10.9. The van der Waals surface area contributed by atoms with E-state index in [4.69, 9.17) is 25.5 Å². The van der Waals surface area contributed by atoms with Crippen molar-refractivity contribution >= 4 is 11.9 Å². The van der Waals surface area contributed by atoms with Gasteiger partial charge in [0.2, 0.25) is 5.95 Å². The number of piperidine rings is 1. The number of alkyl halides is 6. The molecule has 0 atom stereocenters. The molecule has 226 valence electrons. The quantitative estimate of drug-likeness (QED) is 0.374. The molecule has 18 heteroatoms. The van der Waals surface area contributed by atoms with Gasteiger partial charge in [0.05, 0.1) is 17.8 Å². The first kappa shape index (κ1) is 33.1. The van der Waals surface area contributed by atoms with Gasteiger partial charge in [-0.1, -0.05) is 5.21 Å². The molecule has 4 rings (SSSR count). The van der Waals surface area contributed by atoms with Crippen LogP contribution in [-0.2, 0) is 21.7 Å². The highest BCUT2D eigenvalue weighted by Gasteiger charge is 2.38. The number of nitrogens with two attached hydrogens (primary N) is 1. The number of hydrogen-bond acceptors (Lipinski definition) is 8. The number of nitrogens with zero attached hydrogens (tertiary/aromatic N) is 7. The van der Waals surface area contributed by atoms with Crippen LogP contribution in [0, 0.1) is 0 Å². The fourth-order valence-corrected chi connectivity index (χ4v) is 3.48. The average molecular weight is 595 g/mol. The van der Waals surface area contributed by atoms with Gasteiger partial charge in [-0.05, 0) is 44.9 Å². The molecule has 1 fully saturated rings. The van der Waals surface area contributed by atoms with Crippen LogP contribution in [-0.4, -0.2) is 82.0 Å². The Morgan fingerprint density at radius 1 is 0.976 bits per heavy atom. The summed E-state index contributed by atoms with van der Waals surface area (Å²) in [5, 5.41) is 22.8. The molecule has 0 radical (unpaired) electrons. The topological polar surface area (TPSA) is 165 Å². The van der Waals surface area contributed by atoms with Gasteiger partial charge in [-0.15, -0.1) is 5.10 Å². The Morgan fingerprint density at radius 2 is 1.49 bits per heavy atom. The zero-order valence-corrected chi connectivity index (χ0v) is 21.8. The number of carboxylic acid groups (broad SMARTS) is 2. The highest BCUT2D eigenvalue weighted by molar-refractivity contribution is 5.73. The number of rotatable bonds is 5. The molecule has 0 amide bonds. The van der Waals surface area contributed by atoms with E-state index in [1.165, 1.54) is 5.69 Å². The molecule has 1 aliphatic rings. The van der Waals surface area contributed by atoms with E-state index in [-0.39, 0.29) is 0 Å². The predicted molar refractivity (Wildman–Crippen MR) is 130 cm³/mol. The van der Waals surface area contributed by atoms with Gasteiger partial charge in [0.15, 0.2) is 0 Å². The van der Waals surface area contributed by atoms with E-state index < -0.39 is 29.8 Å². The minimum absolute atomic E-state index is 0.383. The smallest absolute Gasteiger partial charge is 0.475 e. The zero-order chi connectivity index (χ0) is 31.0. The van der Waals surface area contributed by atoms with Crippen molar-refractivity contribution in [3.05, 3.63) is 54.4 Å². The normalized spacial score (nSPS) is 14.9. The Balaban J connectivity index is 0.000000349. The molecule has 1 aliphatic heterocycles. The van der Waals surface area contributed by atoms with Gasteiger partial charge in [0.1, 0.15) is 5.69 Å². The molecule has 4 N–H and O–H groups in total. The van der Waals surface area contributed by atoms with Crippen LogP contribution in [0.5, 0.6) is 0 Å². The van der Waals surface area contributed by atoms with E-state index in [0.29, 0.717) is 12.0 Å². The molecule has 1 saturated heterocycles. The molecule has 0 aliphatic carbocycles. The number of aliphatic carboxylic acids is 2. The summed E-state index contributed by atoms with van der Waals surface area (Å²) in [5.41, 5.74) is 7.71. The number of likely N-dealkylation sites (tertiary alicyclic amines) is 1. The lowest BCUT2D eigenvalue weighted by molar-refractivity contribution is -0.193. The summed E-state index contributed by atoms with van der Waals surface area (Å²) in [6.07, 6.45) is -0.507. The van der Waals surface area contributed by atoms with Crippen molar-refractivity contribution in [3.63, 3.8) is 0 Å². The van der Waals surface area contributed by atoms with Gasteiger partial charge < -0.3 is 15.9 Å². The van der Waals surface area contributed by atoms with Gasteiger partial charge >= 0.3 is 24.3 Å². The lowest BCUT2D eigenvalue weighted by Gasteiger charge is -2.31. The van der Waals surface area contributed by atoms with Crippen LogP contribution in [0.1, 0.15) is 44.1 Å². The Bertz CT molecular complexity index is 1240. The lowest BCUT2D eigenvalue weighted by Crippen LogP contribution is -2.35. The van der Waals surface area contributed by atoms with Gasteiger partial charge in [-0.25, -0.2) is 24.2 Å². The average Bonchev–Trinajstić information content (AvgIpc) is 3.55. The molecular weight excluding hydrogens is 566 g/mol. The van der Waals surface area contributed by atoms with Crippen molar-refractivity contribution in [2.75, 3.05) is 13.1 Å². The predicted octanol–water partition coefficient (Wildman–Crippen LogP) is 3.16. The van der Waals surface area contributed by atoms with Crippen molar-refractivity contribution in [1.29, 1.82) is 0 Å². The second kappa shape index (κ2) is 13.5. The number of aromatic nitrogens is 6. The highest BCUT2D eigenvalue weighted by atomic mass is 19.4. The van der Waals surface area contributed by atoms with Gasteiger partial charge in [0, 0.05) is 43.9 Å². The monoisotopic (exact) mass is 594 g/mol. The molecule has 4 heterocycles. The van der Waals surface area contributed by atoms with E-state index in [1.807, 2.05) is 43.1 Å². The van der Waals surface area contributed by atoms with E-state index in [0.717, 1.165) is 38.2 Å². The number of carbonyl (C=O) groups is 2.